The molecule has 10 rings (SSSR count). The number of carboxylic acids is 2. The number of rotatable bonds is 10. The van der Waals surface area contributed by atoms with Crippen LogP contribution in [-0.2, 0) is 19.2 Å². The molecule has 2 aliphatic rings. The van der Waals surface area contributed by atoms with Crippen molar-refractivity contribution in [1.29, 1.82) is 0 Å². The van der Waals surface area contributed by atoms with Gasteiger partial charge in [0.2, 0.25) is 0 Å². The molecule has 0 spiro atoms. The van der Waals surface area contributed by atoms with E-state index in [0.29, 0.717) is 11.5 Å². The number of benzene rings is 8. The number of hydrogen-bond acceptors (Lipinski definition) is 6. The number of fused-ring (bicyclic) bond motifs is 2. The predicted molar refractivity (Wildman–Crippen MR) is 245 cm³/mol. The van der Waals surface area contributed by atoms with Crippen molar-refractivity contribution in [3.8, 4) is 11.5 Å². The summed E-state index contributed by atoms with van der Waals surface area (Å²) >= 11 is 0. The van der Waals surface area contributed by atoms with Gasteiger partial charge in [0.1, 0.15) is 11.5 Å². The Morgan fingerprint density at radius 2 is 0.578 bits per heavy atom. The van der Waals surface area contributed by atoms with Gasteiger partial charge in [-0.15, -0.1) is 0 Å². The Morgan fingerprint density at radius 3 is 0.875 bits per heavy atom. The Labute approximate surface area is 370 Å². The third-order valence-corrected chi connectivity index (χ3v) is 12.9. The van der Waals surface area contributed by atoms with Gasteiger partial charge in [-0.25, -0.2) is 0 Å². The Balaban J connectivity index is 0.000000162. The first-order valence-corrected chi connectivity index (χ1v) is 21.3. The van der Waals surface area contributed by atoms with E-state index < -0.39 is 71.2 Å². The fraction of sp³-hybridized carbons (Fsp3) is 0.143. The van der Waals surface area contributed by atoms with Crippen LogP contribution in [0.3, 0.4) is 0 Å². The Hall–Kier alpha value is -7.84. The molecule has 6 unspecified atom stereocenters. The van der Waals surface area contributed by atoms with E-state index in [0.717, 1.165) is 43.8 Å². The SMILES string of the molecule is O=C(O)C1C(c2ccccc2)C(C(=O)Oc2cccc3ccccc23)[C@@H]1c1ccccc1.O=C(O)C1C(c2ccccc2)C(C(=O)Oc2cccc3ccccc23)[C@@H]1c1ccccc1. The lowest BCUT2D eigenvalue weighted by atomic mass is 9.52. The number of carbonyl (C=O) groups excluding carboxylic acids is 2. The first-order valence-electron chi connectivity index (χ1n) is 21.3. The van der Waals surface area contributed by atoms with Crippen molar-refractivity contribution in [2.24, 2.45) is 23.7 Å². The number of aliphatic carboxylic acids is 2. The minimum atomic E-state index is -0.901. The number of ether oxygens (including phenoxy) is 2. The molecule has 8 atom stereocenters. The van der Waals surface area contributed by atoms with Gasteiger partial charge in [0, 0.05) is 34.4 Å². The molecule has 0 aliphatic heterocycles. The molecule has 8 nitrogen and oxygen atoms in total. The van der Waals surface area contributed by atoms with E-state index in [1.807, 2.05) is 194 Å². The fourth-order valence-electron chi connectivity index (χ4n) is 9.98. The Bertz CT molecular complexity index is 2630. The highest BCUT2D eigenvalue weighted by atomic mass is 16.5. The largest absolute Gasteiger partial charge is 0.481 e. The van der Waals surface area contributed by atoms with Gasteiger partial charge in [-0.1, -0.05) is 194 Å². The summed E-state index contributed by atoms with van der Waals surface area (Å²) in [4.78, 5) is 51.7. The van der Waals surface area contributed by atoms with Crippen molar-refractivity contribution in [3.63, 3.8) is 0 Å². The van der Waals surface area contributed by atoms with Crippen LogP contribution in [0.5, 0.6) is 11.5 Å². The molecule has 0 aromatic heterocycles. The van der Waals surface area contributed by atoms with E-state index in [4.69, 9.17) is 9.47 Å². The van der Waals surface area contributed by atoms with Gasteiger partial charge in [0.05, 0.1) is 23.7 Å². The van der Waals surface area contributed by atoms with E-state index in [-0.39, 0.29) is 0 Å². The summed E-state index contributed by atoms with van der Waals surface area (Å²) in [6, 6.07) is 64.3. The van der Waals surface area contributed by atoms with Crippen LogP contribution < -0.4 is 9.47 Å². The lowest BCUT2D eigenvalue weighted by molar-refractivity contribution is -0.160. The molecule has 0 radical (unpaired) electrons. The predicted octanol–water partition coefficient (Wildman–Crippen LogP) is 11.3. The zero-order valence-electron chi connectivity index (χ0n) is 34.6. The van der Waals surface area contributed by atoms with Crippen molar-refractivity contribution in [2.45, 2.75) is 23.7 Å². The maximum absolute atomic E-state index is 13.6. The average Bonchev–Trinajstić information content (AvgIpc) is 3.30. The molecular weight excluding hydrogens is 801 g/mol. The molecule has 0 saturated heterocycles. The third kappa shape index (κ3) is 8.02. The normalized spacial score (nSPS) is 22.1. The summed E-state index contributed by atoms with van der Waals surface area (Å²) in [5.41, 5.74) is 3.36. The molecule has 8 aromatic carbocycles. The number of esters is 2. The van der Waals surface area contributed by atoms with Crippen molar-refractivity contribution in [1.82, 2.24) is 0 Å². The number of hydrogen-bond donors (Lipinski definition) is 2. The summed E-state index contributed by atoms with van der Waals surface area (Å²) in [6.07, 6.45) is 0. The maximum Gasteiger partial charge on any atom is 0.315 e. The third-order valence-electron chi connectivity index (χ3n) is 12.9. The Kier molecular flexibility index (Phi) is 11.8. The fourth-order valence-corrected chi connectivity index (χ4v) is 9.98. The standard InChI is InChI=1S/2C28H22O4/c2*29-27(30)25-23(19-11-3-1-4-12-19)26(24(25)20-13-5-2-6-14-20)28(31)32-22-17-9-15-18-10-7-8-16-21(18)22/h2*1-17,23-26H,(H,29,30)/t2*23-,24?,25?,26?/m11/s1. The van der Waals surface area contributed by atoms with Crippen molar-refractivity contribution >= 4 is 45.4 Å². The molecule has 2 saturated carbocycles. The van der Waals surface area contributed by atoms with Crippen LogP contribution in [0.2, 0.25) is 0 Å². The number of carboxylic acid groups (broad SMARTS) is 2. The Morgan fingerprint density at radius 1 is 0.312 bits per heavy atom. The average molecular weight is 845 g/mol. The first-order chi connectivity index (χ1) is 31.3. The van der Waals surface area contributed by atoms with Crippen LogP contribution in [0.4, 0.5) is 0 Å². The van der Waals surface area contributed by atoms with E-state index >= 15 is 0 Å². The van der Waals surface area contributed by atoms with Crippen LogP contribution in [0.25, 0.3) is 21.5 Å². The second-order valence-electron chi connectivity index (χ2n) is 16.3. The van der Waals surface area contributed by atoms with Gasteiger partial charge >= 0.3 is 23.9 Å². The zero-order chi connectivity index (χ0) is 44.2. The highest BCUT2D eigenvalue weighted by molar-refractivity contribution is 5.93. The molecule has 2 aliphatic carbocycles. The molecule has 0 bridgehead atoms. The van der Waals surface area contributed by atoms with Crippen LogP contribution in [0.1, 0.15) is 45.9 Å². The molecule has 0 amide bonds. The van der Waals surface area contributed by atoms with E-state index in [2.05, 4.69) is 0 Å². The summed E-state index contributed by atoms with van der Waals surface area (Å²) in [7, 11) is 0. The summed E-state index contributed by atoms with van der Waals surface area (Å²) < 4.78 is 11.9. The molecule has 2 fully saturated rings. The minimum absolute atomic E-state index is 0.401. The highest BCUT2D eigenvalue weighted by Gasteiger charge is 2.60. The van der Waals surface area contributed by atoms with Gasteiger partial charge in [0.15, 0.2) is 0 Å². The molecule has 316 valence electrons. The zero-order valence-corrected chi connectivity index (χ0v) is 34.6. The second kappa shape index (κ2) is 18.2. The monoisotopic (exact) mass is 844 g/mol. The topological polar surface area (TPSA) is 127 Å². The quantitative estimate of drug-likeness (QED) is 0.103. The van der Waals surface area contributed by atoms with Gasteiger partial charge in [-0.3, -0.25) is 19.2 Å². The summed E-state index contributed by atoms with van der Waals surface area (Å²) in [5, 5.41) is 23.8. The van der Waals surface area contributed by atoms with Crippen molar-refractivity contribution in [2.75, 3.05) is 0 Å². The summed E-state index contributed by atoms with van der Waals surface area (Å²) in [5.74, 6) is -6.05. The maximum atomic E-state index is 13.6. The van der Waals surface area contributed by atoms with Crippen molar-refractivity contribution in [3.05, 3.63) is 229 Å². The van der Waals surface area contributed by atoms with Crippen LogP contribution in [-0.4, -0.2) is 34.1 Å². The summed E-state index contributed by atoms with van der Waals surface area (Å²) in [6.45, 7) is 0. The molecule has 8 heteroatoms. The van der Waals surface area contributed by atoms with E-state index in [1.54, 1.807) is 12.1 Å². The van der Waals surface area contributed by atoms with Crippen LogP contribution in [0, 0.1) is 23.7 Å². The first kappa shape index (κ1) is 41.5. The highest BCUT2D eigenvalue weighted by Crippen LogP contribution is 2.59. The van der Waals surface area contributed by atoms with Gasteiger partial charge in [0.25, 0.3) is 0 Å². The van der Waals surface area contributed by atoms with Crippen LogP contribution in [0.15, 0.2) is 206 Å². The number of carbonyl (C=O) groups is 4. The van der Waals surface area contributed by atoms with Gasteiger partial charge < -0.3 is 19.7 Å². The van der Waals surface area contributed by atoms with E-state index in [1.165, 1.54) is 0 Å². The molecule has 0 heterocycles. The van der Waals surface area contributed by atoms with Crippen LogP contribution >= 0.6 is 0 Å². The molecule has 64 heavy (non-hydrogen) atoms. The minimum Gasteiger partial charge on any atom is -0.481 e. The lowest BCUT2D eigenvalue weighted by Crippen LogP contribution is -2.52. The smallest absolute Gasteiger partial charge is 0.315 e. The second-order valence-corrected chi connectivity index (χ2v) is 16.3. The molecule has 2 N–H and O–H groups in total. The van der Waals surface area contributed by atoms with Crippen molar-refractivity contribution < 1.29 is 38.9 Å². The van der Waals surface area contributed by atoms with E-state index in [9.17, 15) is 29.4 Å². The van der Waals surface area contributed by atoms with Gasteiger partial charge in [-0.05, 0) is 45.2 Å². The van der Waals surface area contributed by atoms with Gasteiger partial charge in [-0.2, -0.15) is 0 Å². The molecule has 8 aromatic rings. The molecular formula is C56H44O8. The lowest BCUT2D eigenvalue weighted by Gasteiger charge is -2.49.